The summed E-state index contributed by atoms with van der Waals surface area (Å²) in [6, 6.07) is 0. The van der Waals surface area contributed by atoms with E-state index in [4.69, 9.17) is 47.4 Å². The minimum Gasteiger partial charge on any atom is -0.463 e. The molecule has 0 aliphatic heterocycles. The van der Waals surface area contributed by atoms with Gasteiger partial charge in [0, 0.05) is 13.0 Å². The van der Waals surface area contributed by atoms with Crippen LogP contribution in [0.15, 0.2) is 0 Å². The van der Waals surface area contributed by atoms with Crippen molar-refractivity contribution in [3.8, 4) is 0 Å². The van der Waals surface area contributed by atoms with E-state index in [1.165, 1.54) is 19.3 Å². The van der Waals surface area contributed by atoms with Gasteiger partial charge in [0.1, 0.15) is 6.61 Å². The highest BCUT2D eigenvalue weighted by Gasteiger charge is 2.02. The van der Waals surface area contributed by atoms with Gasteiger partial charge >= 0.3 is 5.97 Å². The molecule has 0 aromatic rings. The molecule has 12 nitrogen and oxygen atoms in total. The van der Waals surface area contributed by atoms with Gasteiger partial charge in [0.25, 0.3) is 0 Å². The van der Waals surface area contributed by atoms with Gasteiger partial charge in [0.2, 0.25) is 0 Å². The number of nitrogens with one attached hydrogen (secondary N) is 1. The summed E-state index contributed by atoms with van der Waals surface area (Å²) in [6.45, 7) is 12.7. The maximum atomic E-state index is 11.6. The average molecular weight is 598 g/mol. The Hall–Kier alpha value is -0.930. The summed E-state index contributed by atoms with van der Waals surface area (Å²) >= 11 is 0. The molecule has 0 bridgehead atoms. The van der Waals surface area contributed by atoms with Crippen LogP contribution in [0.4, 0.5) is 0 Å². The largest absolute Gasteiger partial charge is 0.463 e. The Kier molecular flexibility index (Phi) is 36.3. The highest BCUT2D eigenvalue weighted by atomic mass is 16.6. The molecular weight excluding hydrogens is 538 g/mol. The zero-order chi connectivity index (χ0) is 29.7. The minimum absolute atomic E-state index is 0.145. The molecule has 0 saturated heterocycles. The van der Waals surface area contributed by atoms with Gasteiger partial charge in [0.05, 0.1) is 119 Å². The molecule has 1 N–H and O–H groups in total. The molecule has 0 saturated carbocycles. The third kappa shape index (κ3) is 37.0. The Labute approximate surface area is 248 Å². The summed E-state index contributed by atoms with van der Waals surface area (Å²) < 4.78 is 54.0. The van der Waals surface area contributed by atoms with Crippen molar-refractivity contribution in [3.63, 3.8) is 0 Å². The van der Waals surface area contributed by atoms with Gasteiger partial charge in [-0.3, -0.25) is 4.79 Å². The van der Waals surface area contributed by atoms with E-state index >= 15 is 0 Å². The first-order valence-corrected chi connectivity index (χ1v) is 15.3. The van der Waals surface area contributed by atoms with Crippen LogP contribution in [0.1, 0.15) is 45.4 Å². The van der Waals surface area contributed by atoms with E-state index in [0.717, 1.165) is 19.4 Å². The Bertz CT molecular complexity index is 503. The summed E-state index contributed by atoms with van der Waals surface area (Å²) in [5.74, 6) is -0.145. The molecular formula is C29H59NO11. The second kappa shape index (κ2) is 37.1. The van der Waals surface area contributed by atoms with Crippen LogP contribution in [0.25, 0.3) is 0 Å². The van der Waals surface area contributed by atoms with Crippen molar-refractivity contribution in [1.82, 2.24) is 5.32 Å². The fourth-order valence-corrected chi connectivity index (χ4v) is 3.20. The van der Waals surface area contributed by atoms with Crippen LogP contribution in [0.3, 0.4) is 0 Å². The summed E-state index contributed by atoms with van der Waals surface area (Å²) in [7, 11) is 1.89. The molecule has 41 heavy (non-hydrogen) atoms. The van der Waals surface area contributed by atoms with Gasteiger partial charge < -0.3 is 52.7 Å². The van der Waals surface area contributed by atoms with Gasteiger partial charge in [-0.15, -0.1) is 0 Å². The lowest BCUT2D eigenvalue weighted by atomic mass is 10.1. The summed E-state index contributed by atoms with van der Waals surface area (Å²) in [6.07, 6.45) is 6.09. The van der Waals surface area contributed by atoms with Crippen LogP contribution in [0.5, 0.6) is 0 Å². The SMILES string of the molecule is CCCCCCCC(=O)OCCOCCOCCOCCOCCOCCOCCOCCOCCOCCNC. The Morgan fingerprint density at radius 2 is 0.756 bits per heavy atom. The number of carbonyl (C=O) groups is 1. The van der Waals surface area contributed by atoms with E-state index in [9.17, 15) is 4.79 Å². The number of unbranched alkanes of at least 4 members (excludes halogenated alkanes) is 4. The summed E-state index contributed by atoms with van der Waals surface area (Å²) in [5.41, 5.74) is 0. The van der Waals surface area contributed by atoms with Crippen molar-refractivity contribution in [2.75, 3.05) is 139 Å². The Balaban J connectivity index is 3.08. The van der Waals surface area contributed by atoms with Gasteiger partial charge in [0.15, 0.2) is 0 Å². The molecule has 12 heteroatoms. The second-order valence-corrected chi connectivity index (χ2v) is 9.00. The third-order valence-corrected chi connectivity index (χ3v) is 5.45. The zero-order valence-electron chi connectivity index (χ0n) is 25.9. The first-order chi connectivity index (χ1) is 20.3. The molecule has 0 spiro atoms. The third-order valence-electron chi connectivity index (χ3n) is 5.45. The second-order valence-electron chi connectivity index (χ2n) is 9.00. The van der Waals surface area contributed by atoms with Crippen LogP contribution in [0.2, 0.25) is 0 Å². The smallest absolute Gasteiger partial charge is 0.305 e. The van der Waals surface area contributed by atoms with Crippen molar-refractivity contribution in [1.29, 1.82) is 0 Å². The lowest BCUT2D eigenvalue weighted by Gasteiger charge is -2.09. The van der Waals surface area contributed by atoms with Gasteiger partial charge in [-0.25, -0.2) is 0 Å². The van der Waals surface area contributed by atoms with Gasteiger partial charge in [-0.05, 0) is 13.5 Å². The van der Waals surface area contributed by atoms with E-state index in [1.54, 1.807) is 0 Å². The normalized spacial score (nSPS) is 11.4. The molecule has 0 amide bonds. The molecule has 0 fully saturated rings. The topological polar surface area (TPSA) is 121 Å². The monoisotopic (exact) mass is 597 g/mol. The maximum Gasteiger partial charge on any atom is 0.305 e. The molecule has 0 aliphatic carbocycles. The molecule has 0 aromatic heterocycles. The Morgan fingerprint density at radius 1 is 0.439 bits per heavy atom. The fourth-order valence-electron chi connectivity index (χ4n) is 3.20. The van der Waals surface area contributed by atoms with Gasteiger partial charge in [-0.1, -0.05) is 32.6 Å². The fraction of sp³-hybridized carbons (Fsp3) is 0.966. The zero-order valence-corrected chi connectivity index (χ0v) is 25.9. The predicted molar refractivity (Wildman–Crippen MR) is 156 cm³/mol. The van der Waals surface area contributed by atoms with E-state index in [-0.39, 0.29) is 12.6 Å². The quantitative estimate of drug-likeness (QED) is 0.0842. The molecule has 0 radical (unpaired) electrons. The molecule has 0 aromatic carbocycles. The number of esters is 1. The Morgan fingerprint density at radius 3 is 1.10 bits per heavy atom. The van der Waals surface area contributed by atoms with Crippen LogP contribution >= 0.6 is 0 Å². The molecule has 0 atom stereocenters. The number of likely N-dealkylation sites (N-methyl/N-ethyl adjacent to an activating group) is 1. The lowest BCUT2D eigenvalue weighted by molar-refractivity contribution is -0.145. The number of carbonyl (C=O) groups excluding carboxylic acids is 1. The molecule has 0 heterocycles. The van der Waals surface area contributed by atoms with E-state index in [1.807, 2.05) is 7.05 Å². The molecule has 0 unspecified atom stereocenters. The van der Waals surface area contributed by atoms with Crippen LogP contribution in [-0.4, -0.2) is 145 Å². The summed E-state index contributed by atoms with van der Waals surface area (Å²) in [4.78, 5) is 11.6. The van der Waals surface area contributed by atoms with Crippen LogP contribution < -0.4 is 5.32 Å². The predicted octanol–water partition coefficient (Wildman–Crippen LogP) is 2.26. The first kappa shape index (κ1) is 40.1. The van der Waals surface area contributed by atoms with Crippen LogP contribution in [0, 0.1) is 0 Å². The van der Waals surface area contributed by atoms with Gasteiger partial charge in [-0.2, -0.15) is 0 Å². The number of rotatable bonds is 36. The molecule has 0 aliphatic rings. The van der Waals surface area contributed by atoms with E-state index < -0.39 is 0 Å². The van der Waals surface area contributed by atoms with Crippen molar-refractivity contribution < 1.29 is 52.2 Å². The lowest BCUT2D eigenvalue weighted by Crippen LogP contribution is -2.17. The van der Waals surface area contributed by atoms with Crippen molar-refractivity contribution in [2.24, 2.45) is 0 Å². The molecule has 0 rings (SSSR count). The van der Waals surface area contributed by atoms with Crippen LogP contribution in [-0.2, 0) is 52.2 Å². The van der Waals surface area contributed by atoms with E-state index in [2.05, 4.69) is 12.2 Å². The number of hydrogen-bond donors (Lipinski definition) is 1. The van der Waals surface area contributed by atoms with Crippen molar-refractivity contribution >= 4 is 5.97 Å². The average Bonchev–Trinajstić information content (AvgIpc) is 2.98. The first-order valence-electron chi connectivity index (χ1n) is 15.3. The standard InChI is InChI=1S/C29H59NO11/c1-3-4-5-6-7-8-29(31)41-28-27-40-26-25-39-24-23-38-22-21-37-20-19-36-18-17-35-16-15-34-14-13-33-12-11-32-10-9-30-2/h30H,3-28H2,1-2H3. The minimum atomic E-state index is -0.145. The van der Waals surface area contributed by atoms with E-state index in [0.29, 0.717) is 125 Å². The number of hydrogen-bond acceptors (Lipinski definition) is 12. The summed E-state index contributed by atoms with van der Waals surface area (Å²) in [5, 5.41) is 3.02. The highest BCUT2D eigenvalue weighted by molar-refractivity contribution is 5.69. The molecule has 246 valence electrons. The number of ether oxygens (including phenoxy) is 10. The maximum absolute atomic E-state index is 11.6. The highest BCUT2D eigenvalue weighted by Crippen LogP contribution is 2.05. The van der Waals surface area contributed by atoms with Crippen molar-refractivity contribution in [2.45, 2.75) is 45.4 Å². The van der Waals surface area contributed by atoms with Crippen molar-refractivity contribution in [3.05, 3.63) is 0 Å².